The molecule has 0 saturated carbocycles. The highest BCUT2D eigenvalue weighted by Gasteiger charge is 2.69. The van der Waals surface area contributed by atoms with Crippen LogP contribution in [0.5, 0.6) is 11.5 Å². The van der Waals surface area contributed by atoms with Crippen molar-refractivity contribution in [1.29, 1.82) is 0 Å². The Morgan fingerprint density at radius 3 is 2.23 bits per heavy atom. The van der Waals surface area contributed by atoms with Crippen molar-refractivity contribution in [2.45, 2.75) is 19.5 Å². The van der Waals surface area contributed by atoms with Crippen molar-refractivity contribution >= 4 is 43.6 Å². The molecule has 0 fully saturated rings. The zero-order valence-corrected chi connectivity index (χ0v) is 28.9. The van der Waals surface area contributed by atoms with Gasteiger partial charge in [0.2, 0.25) is 5.69 Å². The highest BCUT2D eigenvalue weighted by Crippen LogP contribution is 2.56. The fraction of sp³-hybridized carbons (Fsp3) is 0.0652. The predicted molar refractivity (Wildman–Crippen MR) is 206 cm³/mol. The van der Waals surface area contributed by atoms with Crippen LogP contribution in [0.4, 0.5) is 0 Å². The van der Waals surface area contributed by atoms with E-state index in [1.807, 2.05) is 12.3 Å². The van der Waals surface area contributed by atoms with Gasteiger partial charge in [0.05, 0.1) is 28.5 Å². The van der Waals surface area contributed by atoms with Crippen LogP contribution in [0.25, 0.3) is 72.1 Å². The van der Waals surface area contributed by atoms with Crippen molar-refractivity contribution in [3.63, 3.8) is 0 Å². The Balaban J connectivity index is 1.16. The fourth-order valence-electron chi connectivity index (χ4n) is 10.2. The first kappa shape index (κ1) is 27.7. The molecule has 53 heavy (non-hydrogen) atoms. The summed E-state index contributed by atoms with van der Waals surface area (Å²) in [6, 6.07) is 48.0. The van der Waals surface area contributed by atoms with Gasteiger partial charge in [-0.1, -0.05) is 59.3 Å². The third kappa shape index (κ3) is 3.02. The van der Waals surface area contributed by atoms with Crippen LogP contribution in [-0.4, -0.2) is 18.8 Å². The maximum atomic E-state index is 6.90. The molecule has 3 aliphatic rings. The van der Waals surface area contributed by atoms with Crippen LogP contribution in [0.15, 0.2) is 146 Å². The Morgan fingerprint density at radius 1 is 0.623 bits per heavy atom. The molecule has 5 aromatic heterocycles. The molecular formula is C46H30N6O+2. The van der Waals surface area contributed by atoms with Gasteiger partial charge >= 0.3 is 5.66 Å². The van der Waals surface area contributed by atoms with E-state index in [0.717, 1.165) is 39.9 Å². The minimum absolute atomic E-state index is 0.730. The summed E-state index contributed by atoms with van der Waals surface area (Å²) in [7, 11) is 0. The van der Waals surface area contributed by atoms with Gasteiger partial charge in [-0.15, -0.1) is 4.68 Å². The molecule has 5 aromatic carbocycles. The maximum Gasteiger partial charge on any atom is 0.397 e. The molecule has 1 unspecified atom stereocenters. The number of rotatable bonds is 2. The normalized spacial score (nSPS) is 16.0. The Bertz CT molecular complexity index is 3290. The van der Waals surface area contributed by atoms with Crippen LogP contribution in [0, 0.1) is 13.8 Å². The highest BCUT2D eigenvalue weighted by atomic mass is 16.5. The van der Waals surface area contributed by atoms with Crippen molar-refractivity contribution in [3.8, 4) is 39.9 Å². The summed E-state index contributed by atoms with van der Waals surface area (Å²) in [5.41, 5.74) is 12.2. The minimum atomic E-state index is -0.730. The molecule has 0 saturated heterocycles. The fourth-order valence-corrected chi connectivity index (χ4v) is 10.2. The summed E-state index contributed by atoms with van der Waals surface area (Å²) in [4.78, 5) is 4.75. The summed E-state index contributed by atoms with van der Waals surface area (Å²) in [6.07, 6.45) is 4.12. The van der Waals surface area contributed by atoms with E-state index in [1.54, 1.807) is 0 Å². The van der Waals surface area contributed by atoms with Crippen LogP contribution in [0.2, 0.25) is 0 Å². The van der Waals surface area contributed by atoms with Gasteiger partial charge in [0.15, 0.2) is 11.1 Å². The average Bonchev–Trinajstić information content (AvgIpc) is 3.90. The van der Waals surface area contributed by atoms with E-state index < -0.39 is 5.66 Å². The van der Waals surface area contributed by atoms with E-state index in [0.29, 0.717) is 0 Å². The van der Waals surface area contributed by atoms with Crippen LogP contribution < -0.4 is 14.0 Å². The number of nitrogens with zero attached hydrogens (tertiary/aromatic N) is 6. The van der Waals surface area contributed by atoms with Crippen molar-refractivity contribution in [3.05, 3.63) is 168 Å². The SMILES string of the molecule is Cc1c(-c2ccc3c(c2)c2ccccc2n3-c2ccccn2)c(C)[n+]2n1-c1cccc3c1C21c2c(ccc4c5ccccc5n(c24)-c2cccc[n+]21)O3. The first-order valence-electron chi connectivity index (χ1n) is 18.2. The van der Waals surface area contributed by atoms with Crippen LogP contribution >= 0.6 is 0 Å². The maximum absolute atomic E-state index is 6.90. The summed E-state index contributed by atoms with van der Waals surface area (Å²) in [5, 5.41) is 4.89. The number of hydrogen-bond acceptors (Lipinski definition) is 2. The highest BCUT2D eigenvalue weighted by molar-refractivity contribution is 6.12. The minimum Gasteiger partial charge on any atom is -0.456 e. The standard InChI is InChI=1S/C46H30N6O/c1-27-42(29-20-22-36-33(26-29)31-13-4-5-14-34(31)49(36)40-18-7-9-24-47-40)28(2)52-46-43-37(51(27)52)16-11-17-38(43)53-39-23-21-32-30-12-3-6-15-35(30)50(45(32)44(39)46)41-19-8-10-25-48(41)46/h3-26H,1-2H3/q+2. The number of hydrogen-bond donors (Lipinski definition) is 0. The smallest absolute Gasteiger partial charge is 0.397 e. The summed E-state index contributed by atoms with van der Waals surface area (Å²) >= 11 is 0. The third-order valence-electron chi connectivity index (χ3n) is 12.1. The van der Waals surface area contributed by atoms with Gasteiger partial charge in [-0.25, -0.2) is 4.98 Å². The van der Waals surface area contributed by atoms with Crippen LogP contribution in [-0.2, 0) is 5.66 Å². The number of ether oxygens (including phenoxy) is 1. The molecular weight excluding hydrogens is 653 g/mol. The van der Waals surface area contributed by atoms with Crippen LogP contribution in [0.3, 0.4) is 0 Å². The molecule has 7 heteroatoms. The van der Waals surface area contributed by atoms with Gasteiger partial charge in [-0.2, -0.15) is 9.13 Å². The molecule has 0 amide bonds. The predicted octanol–water partition coefficient (Wildman–Crippen LogP) is 8.96. The second-order valence-electron chi connectivity index (χ2n) is 14.5. The third-order valence-corrected chi connectivity index (χ3v) is 12.1. The first-order chi connectivity index (χ1) is 26.2. The van der Waals surface area contributed by atoms with Crippen molar-refractivity contribution < 1.29 is 14.0 Å². The number of pyridine rings is 2. The van der Waals surface area contributed by atoms with E-state index in [9.17, 15) is 0 Å². The summed E-state index contributed by atoms with van der Waals surface area (Å²) < 4.78 is 19.1. The van der Waals surface area contributed by atoms with Crippen molar-refractivity contribution in [2.24, 2.45) is 0 Å². The van der Waals surface area contributed by atoms with Gasteiger partial charge in [-0.05, 0) is 85.3 Å². The van der Waals surface area contributed by atoms with Crippen LogP contribution in [0.1, 0.15) is 22.5 Å². The topological polar surface area (TPSA) is 44.7 Å². The molecule has 0 bridgehead atoms. The number of benzene rings is 5. The van der Waals surface area contributed by atoms with Gasteiger partial charge in [0, 0.05) is 40.7 Å². The largest absolute Gasteiger partial charge is 0.456 e. The molecule has 0 N–H and O–H groups in total. The monoisotopic (exact) mass is 682 g/mol. The first-order valence-corrected chi connectivity index (χ1v) is 18.2. The molecule has 248 valence electrons. The lowest BCUT2D eigenvalue weighted by molar-refractivity contribution is -0.995. The van der Waals surface area contributed by atoms with E-state index in [-0.39, 0.29) is 0 Å². The molecule has 0 radical (unpaired) electrons. The molecule has 10 aromatic rings. The van der Waals surface area contributed by atoms with Crippen molar-refractivity contribution in [2.75, 3.05) is 0 Å². The Morgan fingerprint density at radius 2 is 1.38 bits per heavy atom. The lowest BCUT2D eigenvalue weighted by atomic mass is 9.84. The molecule has 8 heterocycles. The molecule has 1 spiro atoms. The molecule has 1 atom stereocenters. The molecule has 7 nitrogen and oxygen atoms in total. The van der Waals surface area contributed by atoms with E-state index in [2.05, 4.69) is 171 Å². The second kappa shape index (κ2) is 9.26. The van der Waals surface area contributed by atoms with E-state index in [4.69, 9.17) is 9.72 Å². The number of fused-ring (bicyclic) bond motifs is 10. The van der Waals surface area contributed by atoms with Gasteiger partial charge < -0.3 is 4.74 Å². The number of para-hydroxylation sites is 2. The zero-order valence-electron chi connectivity index (χ0n) is 28.9. The number of aromatic nitrogens is 6. The Hall–Kier alpha value is -6.99. The quantitative estimate of drug-likeness (QED) is 0.171. The zero-order chi connectivity index (χ0) is 34.7. The van der Waals surface area contributed by atoms with E-state index >= 15 is 0 Å². The Kier molecular flexibility index (Phi) is 4.84. The molecule has 13 rings (SSSR count). The van der Waals surface area contributed by atoms with Gasteiger partial charge in [0.25, 0.3) is 5.82 Å². The summed E-state index contributed by atoms with van der Waals surface area (Å²) in [6.45, 7) is 4.56. The lowest BCUT2D eigenvalue weighted by Gasteiger charge is -2.33. The Labute approximate surface area is 303 Å². The summed E-state index contributed by atoms with van der Waals surface area (Å²) in [5.74, 6) is 3.81. The van der Waals surface area contributed by atoms with Gasteiger partial charge in [-0.3, -0.25) is 4.57 Å². The van der Waals surface area contributed by atoms with E-state index in [1.165, 1.54) is 66.2 Å². The van der Waals surface area contributed by atoms with Gasteiger partial charge in [0.1, 0.15) is 34.1 Å². The second-order valence-corrected chi connectivity index (χ2v) is 14.5. The lowest BCUT2D eigenvalue weighted by Crippen LogP contribution is -2.77. The molecule has 0 aliphatic carbocycles. The van der Waals surface area contributed by atoms with Crippen molar-refractivity contribution in [1.82, 2.24) is 18.8 Å². The average molecular weight is 683 g/mol. The molecule has 3 aliphatic heterocycles.